The molecule has 1 aromatic rings. The van der Waals surface area contributed by atoms with Crippen LogP contribution in [0.5, 0.6) is 5.75 Å². The lowest BCUT2D eigenvalue weighted by molar-refractivity contribution is -0.141. The summed E-state index contributed by atoms with van der Waals surface area (Å²) in [4.78, 5) is 11.6. The Hall–Kier alpha value is -2.37. The number of alkyl halides is 5. The molecule has 0 fully saturated rings. The van der Waals surface area contributed by atoms with Crippen LogP contribution in [-0.2, 0) is 10.9 Å². The van der Waals surface area contributed by atoms with Crippen LogP contribution in [-0.4, -0.2) is 19.2 Å². The van der Waals surface area contributed by atoms with Crippen molar-refractivity contribution in [2.45, 2.75) is 19.7 Å². The van der Waals surface area contributed by atoms with Crippen molar-refractivity contribution in [2.75, 3.05) is 6.61 Å². The molecule has 9 heteroatoms. The Morgan fingerprint density at radius 1 is 1.38 bits per heavy atom. The number of rotatable bonds is 4. The Bertz CT molecular complexity index is 577. The molecule has 0 amide bonds. The van der Waals surface area contributed by atoms with Crippen LogP contribution in [0.15, 0.2) is 12.1 Å². The average Bonchev–Trinajstić information content (AvgIpc) is 2.37. The quantitative estimate of drug-likeness (QED) is 0.632. The molecule has 1 aromatic carbocycles. The molecule has 0 atom stereocenters. The fourth-order valence-electron chi connectivity index (χ4n) is 1.48. The summed E-state index contributed by atoms with van der Waals surface area (Å²) in [6.45, 7) is -2.39. The highest BCUT2D eigenvalue weighted by molar-refractivity contribution is 5.93. The summed E-state index contributed by atoms with van der Waals surface area (Å²) in [7, 11) is 0. The second-order valence-corrected chi connectivity index (χ2v) is 3.61. The standard InChI is InChI=1S/C12H8F5NO3/c1-2-20-10(19)7-3-6(5-18)4-8(12(15,16)17)9(7)21-11(13)14/h3-4,11H,2H2,1H3. The molecule has 0 aliphatic carbocycles. The van der Waals surface area contributed by atoms with Gasteiger partial charge in [0, 0.05) is 0 Å². The van der Waals surface area contributed by atoms with Crippen LogP contribution in [0.4, 0.5) is 22.0 Å². The first-order valence-electron chi connectivity index (χ1n) is 5.48. The second kappa shape index (κ2) is 6.39. The van der Waals surface area contributed by atoms with Crippen molar-refractivity contribution in [3.63, 3.8) is 0 Å². The maximum absolute atomic E-state index is 12.9. The molecule has 0 aliphatic heterocycles. The van der Waals surface area contributed by atoms with Gasteiger partial charge in [-0.1, -0.05) is 0 Å². The van der Waals surface area contributed by atoms with E-state index >= 15 is 0 Å². The predicted octanol–water partition coefficient (Wildman–Crippen LogP) is 3.36. The molecule has 0 aromatic heterocycles. The minimum atomic E-state index is -5.08. The molecule has 0 spiro atoms. The molecule has 0 heterocycles. The van der Waals surface area contributed by atoms with Crippen molar-refractivity contribution >= 4 is 5.97 Å². The minimum absolute atomic E-state index is 0.189. The monoisotopic (exact) mass is 309 g/mol. The number of carbonyl (C=O) groups is 1. The number of halogens is 5. The largest absolute Gasteiger partial charge is 0.462 e. The number of carbonyl (C=O) groups excluding carboxylic acids is 1. The summed E-state index contributed by atoms with van der Waals surface area (Å²) in [6, 6.07) is 2.43. The highest BCUT2D eigenvalue weighted by Gasteiger charge is 2.38. The fraction of sp³-hybridized carbons (Fsp3) is 0.333. The van der Waals surface area contributed by atoms with Gasteiger partial charge in [0.25, 0.3) is 0 Å². The average molecular weight is 309 g/mol. The second-order valence-electron chi connectivity index (χ2n) is 3.61. The highest BCUT2D eigenvalue weighted by Crippen LogP contribution is 2.40. The first-order valence-corrected chi connectivity index (χ1v) is 5.48. The van der Waals surface area contributed by atoms with Crippen LogP contribution in [0, 0.1) is 11.3 Å². The summed E-state index contributed by atoms with van der Waals surface area (Å²) in [6.07, 6.45) is -5.08. The van der Waals surface area contributed by atoms with Crippen molar-refractivity contribution in [3.8, 4) is 11.8 Å². The van der Waals surface area contributed by atoms with Crippen LogP contribution in [0.2, 0.25) is 0 Å². The molecule has 0 bridgehead atoms. The van der Waals surface area contributed by atoms with Gasteiger partial charge in [-0.2, -0.15) is 27.2 Å². The van der Waals surface area contributed by atoms with Crippen molar-refractivity contribution in [1.82, 2.24) is 0 Å². The van der Waals surface area contributed by atoms with Gasteiger partial charge in [0.2, 0.25) is 0 Å². The fourth-order valence-corrected chi connectivity index (χ4v) is 1.48. The number of benzene rings is 1. The Labute approximate surface area is 115 Å². The van der Waals surface area contributed by atoms with E-state index in [1.807, 2.05) is 0 Å². The van der Waals surface area contributed by atoms with Crippen LogP contribution >= 0.6 is 0 Å². The van der Waals surface area contributed by atoms with Crippen LogP contribution in [0.3, 0.4) is 0 Å². The van der Waals surface area contributed by atoms with Crippen molar-refractivity contribution < 1.29 is 36.2 Å². The van der Waals surface area contributed by atoms with E-state index < -0.39 is 41.2 Å². The molecule has 0 unspecified atom stereocenters. The molecule has 1 rings (SSSR count). The number of nitriles is 1. The molecule has 0 saturated heterocycles. The predicted molar refractivity (Wildman–Crippen MR) is 58.7 cm³/mol. The molecular formula is C12H8F5NO3. The molecule has 4 nitrogen and oxygen atoms in total. The number of ether oxygens (including phenoxy) is 2. The SMILES string of the molecule is CCOC(=O)c1cc(C#N)cc(C(F)(F)F)c1OC(F)F. The third-order valence-electron chi connectivity index (χ3n) is 2.23. The van der Waals surface area contributed by atoms with Gasteiger partial charge in [0.05, 0.1) is 23.8 Å². The lowest BCUT2D eigenvalue weighted by Crippen LogP contribution is -2.17. The van der Waals surface area contributed by atoms with Crippen LogP contribution in [0.1, 0.15) is 28.4 Å². The van der Waals surface area contributed by atoms with Gasteiger partial charge in [-0.05, 0) is 19.1 Å². The van der Waals surface area contributed by atoms with E-state index in [-0.39, 0.29) is 6.61 Å². The maximum atomic E-state index is 12.9. The Balaban J connectivity index is 3.58. The Morgan fingerprint density at radius 3 is 2.43 bits per heavy atom. The van der Waals surface area contributed by atoms with Crippen molar-refractivity contribution in [3.05, 3.63) is 28.8 Å². The van der Waals surface area contributed by atoms with Gasteiger partial charge in [0.1, 0.15) is 5.56 Å². The van der Waals surface area contributed by atoms with Crippen LogP contribution in [0.25, 0.3) is 0 Å². The van der Waals surface area contributed by atoms with E-state index in [2.05, 4.69) is 9.47 Å². The van der Waals surface area contributed by atoms with E-state index in [9.17, 15) is 26.7 Å². The van der Waals surface area contributed by atoms with E-state index in [4.69, 9.17) is 5.26 Å². The zero-order chi connectivity index (χ0) is 16.2. The highest BCUT2D eigenvalue weighted by atomic mass is 19.4. The van der Waals surface area contributed by atoms with Gasteiger partial charge < -0.3 is 9.47 Å². The van der Waals surface area contributed by atoms with Gasteiger partial charge >= 0.3 is 18.8 Å². The molecule has 114 valence electrons. The first-order chi connectivity index (χ1) is 9.70. The number of nitrogens with zero attached hydrogens (tertiary/aromatic N) is 1. The molecule has 0 aliphatic rings. The van der Waals surface area contributed by atoms with Gasteiger partial charge in [-0.3, -0.25) is 0 Å². The van der Waals surface area contributed by atoms with Gasteiger partial charge in [-0.25, -0.2) is 4.79 Å². The maximum Gasteiger partial charge on any atom is 0.420 e. The summed E-state index contributed by atoms with van der Waals surface area (Å²) in [5.41, 5.74) is -3.07. The van der Waals surface area contributed by atoms with E-state index in [0.29, 0.717) is 12.1 Å². The molecule has 0 saturated carbocycles. The number of esters is 1. The normalized spacial score (nSPS) is 11.1. The number of hydrogen-bond acceptors (Lipinski definition) is 4. The third-order valence-corrected chi connectivity index (χ3v) is 2.23. The number of hydrogen-bond donors (Lipinski definition) is 0. The zero-order valence-electron chi connectivity index (χ0n) is 10.5. The molecule has 0 N–H and O–H groups in total. The lowest BCUT2D eigenvalue weighted by Gasteiger charge is -2.17. The Morgan fingerprint density at radius 2 is 2.00 bits per heavy atom. The lowest BCUT2D eigenvalue weighted by atomic mass is 10.0. The first kappa shape index (κ1) is 16.7. The smallest absolute Gasteiger partial charge is 0.420 e. The summed E-state index contributed by atoms with van der Waals surface area (Å²) >= 11 is 0. The van der Waals surface area contributed by atoms with Crippen molar-refractivity contribution in [2.24, 2.45) is 0 Å². The van der Waals surface area contributed by atoms with Gasteiger partial charge in [-0.15, -0.1) is 0 Å². The summed E-state index contributed by atoms with van der Waals surface area (Å²) in [5, 5.41) is 8.68. The van der Waals surface area contributed by atoms with Crippen LogP contribution < -0.4 is 4.74 Å². The summed E-state index contributed by atoms with van der Waals surface area (Å²) < 4.78 is 71.4. The Kier molecular flexibility index (Phi) is 5.07. The third kappa shape index (κ3) is 4.05. The zero-order valence-corrected chi connectivity index (χ0v) is 10.5. The van der Waals surface area contributed by atoms with Gasteiger partial charge in [0.15, 0.2) is 5.75 Å². The van der Waals surface area contributed by atoms with E-state index in [1.54, 1.807) is 0 Å². The molecular weight excluding hydrogens is 301 g/mol. The molecule has 0 radical (unpaired) electrons. The topological polar surface area (TPSA) is 59.3 Å². The minimum Gasteiger partial charge on any atom is -0.462 e. The summed E-state index contributed by atoms with van der Waals surface area (Å²) in [5.74, 6) is -2.66. The van der Waals surface area contributed by atoms with Crippen molar-refractivity contribution in [1.29, 1.82) is 5.26 Å². The van der Waals surface area contributed by atoms with E-state index in [1.165, 1.54) is 13.0 Å². The molecule has 21 heavy (non-hydrogen) atoms. The van der Waals surface area contributed by atoms with E-state index in [0.717, 1.165) is 0 Å².